The highest BCUT2D eigenvalue weighted by Crippen LogP contribution is 2.20. The average molecular weight is 220 g/mol. The molecule has 0 saturated carbocycles. The van der Waals surface area contributed by atoms with E-state index < -0.39 is 11.9 Å². The highest BCUT2D eigenvalue weighted by Gasteiger charge is 2.04. The summed E-state index contributed by atoms with van der Waals surface area (Å²) in [7, 11) is 0. The maximum Gasteiger partial charge on any atom is 0.145 e. The van der Waals surface area contributed by atoms with E-state index in [9.17, 15) is 4.39 Å². The lowest BCUT2D eigenvalue weighted by Crippen LogP contribution is -2.26. The quantitative estimate of drug-likeness (QED) is 0.800. The fourth-order valence-electron chi connectivity index (χ4n) is 0.827. The van der Waals surface area contributed by atoms with E-state index in [2.05, 4.69) is 0 Å². The predicted molar refractivity (Wildman–Crippen MR) is 52.0 cm³/mol. The Balaban J connectivity index is 2.55. The van der Waals surface area contributed by atoms with Gasteiger partial charge in [0.05, 0.1) is 5.02 Å². The summed E-state index contributed by atoms with van der Waals surface area (Å²) >= 11 is 5.47. The minimum absolute atomic E-state index is 0.0386. The van der Waals surface area contributed by atoms with E-state index >= 15 is 0 Å². The smallest absolute Gasteiger partial charge is 0.145 e. The molecule has 0 spiro atoms. The molecule has 1 aromatic rings. The molecule has 3 N–H and O–H groups in total. The number of aliphatic hydroxyl groups excluding tert-OH is 1. The maximum atomic E-state index is 12.9. The predicted octanol–water partition coefficient (Wildman–Crippen LogP) is 1.18. The average Bonchev–Trinajstić information content (AvgIpc) is 2.19. The van der Waals surface area contributed by atoms with Crippen molar-refractivity contribution in [2.24, 2.45) is 5.73 Å². The van der Waals surface area contributed by atoms with Crippen molar-refractivity contribution in [1.82, 2.24) is 0 Å². The van der Waals surface area contributed by atoms with Gasteiger partial charge in [0.25, 0.3) is 0 Å². The molecule has 3 nitrogen and oxygen atoms in total. The molecule has 0 radical (unpaired) electrons. The summed E-state index contributed by atoms with van der Waals surface area (Å²) in [6.07, 6.45) is -0.742. The van der Waals surface area contributed by atoms with Crippen LogP contribution in [0.25, 0.3) is 0 Å². The largest absolute Gasteiger partial charge is 0.491 e. The maximum absolute atomic E-state index is 12.9. The molecule has 5 heteroatoms. The van der Waals surface area contributed by atoms with E-state index in [1.54, 1.807) is 0 Å². The minimum Gasteiger partial charge on any atom is -0.491 e. The second kappa shape index (κ2) is 5.14. The first-order valence-electron chi connectivity index (χ1n) is 4.09. The Morgan fingerprint density at radius 2 is 2.29 bits per heavy atom. The Hall–Kier alpha value is -0.840. The monoisotopic (exact) mass is 219 g/mol. The van der Waals surface area contributed by atoms with Crippen LogP contribution in [0.3, 0.4) is 0 Å². The van der Waals surface area contributed by atoms with Crippen molar-refractivity contribution in [3.05, 3.63) is 29.0 Å². The second-order valence-electron chi connectivity index (χ2n) is 2.78. The molecular formula is C9H11ClFNO2. The molecule has 0 fully saturated rings. The zero-order chi connectivity index (χ0) is 10.6. The van der Waals surface area contributed by atoms with E-state index in [4.69, 9.17) is 27.2 Å². The lowest BCUT2D eigenvalue weighted by atomic mass is 10.3. The lowest BCUT2D eigenvalue weighted by molar-refractivity contribution is 0.114. The number of nitrogens with two attached hydrogens (primary N) is 1. The van der Waals surface area contributed by atoms with Crippen LogP contribution in [0.5, 0.6) is 5.75 Å². The van der Waals surface area contributed by atoms with Crippen LogP contribution in [0, 0.1) is 5.82 Å². The van der Waals surface area contributed by atoms with E-state index in [0.29, 0.717) is 5.75 Å². The van der Waals surface area contributed by atoms with Gasteiger partial charge in [-0.1, -0.05) is 11.6 Å². The van der Waals surface area contributed by atoms with Crippen LogP contribution < -0.4 is 10.5 Å². The highest BCUT2D eigenvalue weighted by molar-refractivity contribution is 6.30. The normalized spacial score (nSPS) is 12.6. The SMILES string of the molecule is NCC(O)COc1ccc(Cl)c(F)c1. The molecule has 0 aliphatic rings. The van der Waals surface area contributed by atoms with E-state index in [0.717, 1.165) is 6.07 Å². The van der Waals surface area contributed by atoms with Gasteiger partial charge in [0.2, 0.25) is 0 Å². The number of hydrogen-bond acceptors (Lipinski definition) is 3. The molecule has 0 aliphatic carbocycles. The number of halogens is 2. The fourth-order valence-corrected chi connectivity index (χ4v) is 0.945. The van der Waals surface area contributed by atoms with Crippen LogP contribution in [-0.2, 0) is 0 Å². The Kier molecular flexibility index (Phi) is 4.13. The number of aliphatic hydroxyl groups is 1. The zero-order valence-electron chi connectivity index (χ0n) is 7.41. The first kappa shape index (κ1) is 11.2. The third kappa shape index (κ3) is 3.14. The topological polar surface area (TPSA) is 55.5 Å². The van der Waals surface area contributed by atoms with Crippen LogP contribution in [0.1, 0.15) is 0 Å². The van der Waals surface area contributed by atoms with Crippen LogP contribution >= 0.6 is 11.6 Å². The van der Waals surface area contributed by atoms with Crippen LogP contribution in [0.15, 0.2) is 18.2 Å². The first-order valence-corrected chi connectivity index (χ1v) is 4.47. The summed E-state index contributed by atoms with van der Waals surface area (Å²) in [5.74, 6) is -0.231. The van der Waals surface area contributed by atoms with Crippen molar-refractivity contribution in [3.63, 3.8) is 0 Å². The molecule has 0 heterocycles. The van der Waals surface area contributed by atoms with Crippen molar-refractivity contribution < 1.29 is 14.2 Å². The molecule has 1 atom stereocenters. The molecule has 0 aromatic heterocycles. The van der Waals surface area contributed by atoms with Crippen LogP contribution in [-0.4, -0.2) is 24.4 Å². The summed E-state index contributed by atoms with van der Waals surface area (Å²) < 4.78 is 18.0. The van der Waals surface area contributed by atoms with E-state index in [1.807, 2.05) is 0 Å². The standard InChI is InChI=1S/C9H11ClFNO2/c10-8-2-1-7(3-9(8)11)14-5-6(13)4-12/h1-3,6,13H,4-5,12H2. The molecule has 0 saturated heterocycles. The van der Waals surface area contributed by atoms with E-state index in [1.165, 1.54) is 12.1 Å². The summed E-state index contributed by atoms with van der Waals surface area (Å²) in [6.45, 7) is 0.146. The zero-order valence-corrected chi connectivity index (χ0v) is 8.17. The second-order valence-corrected chi connectivity index (χ2v) is 3.18. The first-order chi connectivity index (χ1) is 6.63. The van der Waals surface area contributed by atoms with Crippen molar-refractivity contribution in [1.29, 1.82) is 0 Å². The number of ether oxygens (including phenoxy) is 1. The van der Waals surface area contributed by atoms with Gasteiger partial charge in [0.1, 0.15) is 24.3 Å². The van der Waals surface area contributed by atoms with E-state index in [-0.39, 0.29) is 18.2 Å². The Morgan fingerprint density at radius 3 is 2.86 bits per heavy atom. The fraction of sp³-hybridized carbons (Fsp3) is 0.333. The van der Waals surface area contributed by atoms with Crippen molar-refractivity contribution >= 4 is 11.6 Å². The third-order valence-corrected chi connectivity index (χ3v) is 1.91. The van der Waals surface area contributed by atoms with Gasteiger partial charge in [-0.15, -0.1) is 0 Å². The van der Waals surface area contributed by atoms with Crippen LogP contribution in [0.2, 0.25) is 5.02 Å². The van der Waals surface area contributed by atoms with Gasteiger partial charge in [-0.05, 0) is 12.1 Å². The molecule has 78 valence electrons. The Bertz CT molecular complexity index is 309. The molecule has 0 amide bonds. The Labute approximate surface area is 86.2 Å². The van der Waals surface area contributed by atoms with Gasteiger partial charge in [-0.2, -0.15) is 0 Å². The lowest BCUT2D eigenvalue weighted by Gasteiger charge is -2.10. The number of rotatable bonds is 4. The number of benzene rings is 1. The molecule has 1 unspecified atom stereocenters. The van der Waals surface area contributed by atoms with Crippen LogP contribution in [0.4, 0.5) is 4.39 Å². The molecule has 0 bridgehead atoms. The van der Waals surface area contributed by atoms with Gasteiger partial charge in [0.15, 0.2) is 0 Å². The van der Waals surface area contributed by atoms with Gasteiger partial charge in [-0.3, -0.25) is 0 Å². The van der Waals surface area contributed by atoms with Gasteiger partial charge in [0, 0.05) is 12.6 Å². The van der Waals surface area contributed by atoms with Crippen molar-refractivity contribution in [2.75, 3.05) is 13.2 Å². The van der Waals surface area contributed by atoms with Gasteiger partial charge < -0.3 is 15.6 Å². The summed E-state index contributed by atoms with van der Waals surface area (Å²) in [6, 6.07) is 4.07. The molecule has 1 rings (SSSR count). The molecule has 1 aromatic carbocycles. The molecule has 14 heavy (non-hydrogen) atoms. The Morgan fingerprint density at radius 1 is 1.57 bits per heavy atom. The summed E-state index contributed by atoms with van der Waals surface area (Å²) in [4.78, 5) is 0. The molecule has 0 aliphatic heterocycles. The van der Waals surface area contributed by atoms with Gasteiger partial charge >= 0.3 is 0 Å². The molecular weight excluding hydrogens is 209 g/mol. The number of hydrogen-bond donors (Lipinski definition) is 2. The van der Waals surface area contributed by atoms with Crippen molar-refractivity contribution in [3.8, 4) is 5.75 Å². The van der Waals surface area contributed by atoms with Gasteiger partial charge in [-0.25, -0.2) is 4.39 Å². The highest BCUT2D eigenvalue weighted by atomic mass is 35.5. The summed E-state index contributed by atoms with van der Waals surface area (Å²) in [5.41, 5.74) is 5.17. The minimum atomic E-state index is -0.742. The third-order valence-electron chi connectivity index (χ3n) is 1.61. The van der Waals surface area contributed by atoms with Crippen molar-refractivity contribution in [2.45, 2.75) is 6.10 Å². The summed E-state index contributed by atoms with van der Waals surface area (Å²) in [5, 5.41) is 9.11.